The monoisotopic (exact) mass is 317 g/mol. The third-order valence-electron chi connectivity index (χ3n) is 1.97. The predicted octanol–water partition coefficient (Wildman–Crippen LogP) is 1.68. The summed E-state index contributed by atoms with van der Waals surface area (Å²) >= 11 is 3.19. The van der Waals surface area contributed by atoms with Gasteiger partial charge in [-0.1, -0.05) is 15.9 Å². The number of imidazole rings is 1. The van der Waals surface area contributed by atoms with Gasteiger partial charge in [0, 0.05) is 4.47 Å². The number of nitrogens with zero attached hydrogens (tertiary/aromatic N) is 1. The van der Waals surface area contributed by atoms with Crippen molar-refractivity contribution >= 4 is 31.6 Å². The van der Waals surface area contributed by atoms with Crippen molar-refractivity contribution in [2.24, 2.45) is 0 Å². The number of hydrogen-bond donors (Lipinski definition) is 3. The number of aromatic amines is 1. The molecule has 0 radical (unpaired) electrons. The number of halogens is 1. The third kappa shape index (κ3) is 2.59. The highest BCUT2D eigenvalue weighted by Gasteiger charge is 2.17. The fourth-order valence-electron chi connectivity index (χ4n) is 1.18. The summed E-state index contributed by atoms with van der Waals surface area (Å²) in [4.78, 5) is 6.10. The van der Waals surface area contributed by atoms with Gasteiger partial charge in [-0.15, -0.1) is 0 Å². The number of sulfonamides is 1. The Balaban J connectivity index is 2.36. The highest BCUT2D eigenvalue weighted by molar-refractivity contribution is 9.10. The van der Waals surface area contributed by atoms with E-state index in [1.54, 1.807) is 6.07 Å². The van der Waals surface area contributed by atoms with E-state index < -0.39 is 10.0 Å². The van der Waals surface area contributed by atoms with Crippen LogP contribution in [-0.2, 0) is 10.0 Å². The quantitative estimate of drug-likeness (QED) is 0.750. The first kappa shape index (κ1) is 11.9. The molecule has 6 nitrogen and oxygen atoms in total. The van der Waals surface area contributed by atoms with E-state index >= 15 is 0 Å². The Hall–Kier alpha value is -1.54. The fraction of sp³-hybridized carbons (Fsp3) is 0. The molecular weight excluding hydrogens is 310 g/mol. The number of H-pyrrole nitrogens is 1. The molecule has 0 amide bonds. The van der Waals surface area contributed by atoms with Crippen LogP contribution in [0.4, 0.5) is 5.69 Å². The normalized spacial score (nSPS) is 11.4. The summed E-state index contributed by atoms with van der Waals surface area (Å²) in [5, 5.41) is 9.45. The number of benzene rings is 1. The summed E-state index contributed by atoms with van der Waals surface area (Å²) in [5.74, 6) is -0.156. The van der Waals surface area contributed by atoms with E-state index in [0.29, 0.717) is 4.47 Å². The zero-order valence-electron chi connectivity index (χ0n) is 8.38. The molecule has 0 bridgehead atoms. The van der Waals surface area contributed by atoms with Gasteiger partial charge in [0.25, 0.3) is 10.0 Å². The molecule has 0 aliphatic carbocycles. The van der Waals surface area contributed by atoms with Gasteiger partial charge in [0.15, 0.2) is 5.03 Å². The van der Waals surface area contributed by atoms with Gasteiger partial charge in [-0.25, -0.2) is 4.98 Å². The molecule has 3 N–H and O–H groups in total. The second-order valence-corrected chi connectivity index (χ2v) is 5.75. The Morgan fingerprint density at radius 2 is 2.18 bits per heavy atom. The van der Waals surface area contributed by atoms with Crippen LogP contribution in [0.2, 0.25) is 0 Å². The van der Waals surface area contributed by atoms with Crippen molar-refractivity contribution in [3.05, 3.63) is 35.2 Å². The zero-order chi connectivity index (χ0) is 12.5. The van der Waals surface area contributed by atoms with Gasteiger partial charge >= 0.3 is 0 Å². The molecule has 0 fully saturated rings. The third-order valence-corrected chi connectivity index (χ3v) is 3.75. The van der Waals surface area contributed by atoms with Crippen LogP contribution in [0.5, 0.6) is 5.75 Å². The fourth-order valence-corrected chi connectivity index (χ4v) is 2.51. The standard InChI is InChI=1S/C9H8BrN3O3S/c10-6-1-2-8(14)7(3-6)13-17(15,16)9-4-11-5-12-9/h1-5,13-14H,(H,11,12). The van der Waals surface area contributed by atoms with E-state index in [1.807, 2.05) is 0 Å². The molecule has 0 unspecified atom stereocenters. The molecule has 1 aromatic heterocycles. The number of aromatic nitrogens is 2. The number of aromatic hydroxyl groups is 1. The van der Waals surface area contributed by atoms with Crippen LogP contribution in [0.1, 0.15) is 0 Å². The van der Waals surface area contributed by atoms with Gasteiger partial charge in [-0.3, -0.25) is 4.72 Å². The summed E-state index contributed by atoms with van der Waals surface area (Å²) < 4.78 is 26.5. The molecule has 0 aliphatic rings. The Kier molecular flexibility index (Phi) is 3.07. The molecule has 1 aromatic carbocycles. The van der Waals surface area contributed by atoms with Crippen LogP contribution in [0, 0.1) is 0 Å². The van der Waals surface area contributed by atoms with E-state index in [9.17, 15) is 13.5 Å². The van der Waals surface area contributed by atoms with E-state index in [4.69, 9.17) is 0 Å². The van der Waals surface area contributed by atoms with Crippen molar-refractivity contribution in [3.8, 4) is 5.75 Å². The number of hydrogen-bond acceptors (Lipinski definition) is 4. The summed E-state index contributed by atoms with van der Waals surface area (Å²) in [6.45, 7) is 0. The number of anilines is 1. The van der Waals surface area contributed by atoms with Crippen molar-refractivity contribution in [1.29, 1.82) is 0 Å². The second kappa shape index (κ2) is 4.38. The lowest BCUT2D eigenvalue weighted by Crippen LogP contribution is -2.13. The molecule has 0 atom stereocenters. The Morgan fingerprint density at radius 3 is 2.82 bits per heavy atom. The molecule has 2 rings (SSSR count). The molecule has 0 spiro atoms. The number of nitrogens with one attached hydrogen (secondary N) is 2. The predicted molar refractivity (Wildman–Crippen MR) is 65.2 cm³/mol. The Morgan fingerprint density at radius 1 is 1.41 bits per heavy atom. The largest absolute Gasteiger partial charge is 0.506 e. The lowest BCUT2D eigenvalue weighted by atomic mass is 10.3. The van der Waals surface area contributed by atoms with Crippen LogP contribution in [0.25, 0.3) is 0 Å². The van der Waals surface area contributed by atoms with Gasteiger partial charge in [-0.05, 0) is 18.2 Å². The highest BCUT2D eigenvalue weighted by Crippen LogP contribution is 2.28. The van der Waals surface area contributed by atoms with Crippen molar-refractivity contribution in [1.82, 2.24) is 9.97 Å². The lowest BCUT2D eigenvalue weighted by molar-refractivity contribution is 0.477. The van der Waals surface area contributed by atoms with Crippen LogP contribution >= 0.6 is 15.9 Å². The number of phenolic OH excluding ortho intramolecular Hbond substituents is 1. The van der Waals surface area contributed by atoms with Gasteiger partial charge in [0.05, 0.1) is 18.2 Å². The van der Waals surface area contributed by atoms with Crippen molar-refractivity contribution in [3.63, 3.8) is 0 Å². The topological polar surface area (TPSA) is 95.1 Å². The van der Waals surface area contributed by atoms with E-state index in [-0.39, 0.29) is 16.5 Å². The average Bonchev–Trinajstić information content (AvgIpc) is 2.77. The zero-order valence-corrected chi connectivity index (χ0v) is 10.8. The first-order chi connectivity index (χ1) is 7.99. The molecular formula is C9H8BrN3O3S. The van der Waals surface area contributed by atoms with Gasteiger partial charge in [-0.2, -0.15) is 8.42 Å². The SMILES string of the molecule is O=S(=O)(Nc1cc(Br)ccc1O)c1cnc[nH]1. The first-order valence-electron chi connectivity index (χ1n) is 4.49. The van der Waals surface area contributed by atoms with E-state index in [1.165, 1.54) is 24.7 Å². The van der Waals surface area contributed by atoms with Gasteiger partial charge in [0.1, 0.15) is 5.75 Å². The Bertz CT molecular complexity index is 625. The maximum Gasteiger partial charge on any atom is 0.279 e. The molecule has 0 saturated heterocycles. The van der Waals surface area contributed by atoms with E-state index in [0.717, 1.165) is 0 Å². The van der Waals surface area contributed by atoms with Crippen LogP contribution in [0.3, 0.4) is 0 Å². The van der Waals surface area contributed by atoms with E-state index in [2.05, 4.69) is 30.6 Å². The molecule has 1 heterocycles. The minimum atomic E-state index is -3.76. The molecule has 0 aliphatic heterocycles. The average molecular weight is 318 g/mol. The summed E-state index contributed by atoms with van der Waals surface area (Å²) in [6, 6.07) is 4.45. The molecule has 0 saturated carbocycles. The molecule has 17 heavy (non-hydrogen) atoms. The number of rotatable bonds is 3. The maximum atomic E-state index is 11.8. The van der Waals surface area contributed by atoms with Crippen molar-refractivity contribution in [2.45, 2.75) is 5.03 Å². The van der Waals surface area contributed by atoms with Gasteiger partial charge < -0.3 is 10.1 Å². The maximum absolute atomic E-state index is 11.8. The highest BCUT2D eigenvalue weighted by atomic mass is 79.9. The molecule has 2 aromatic rings. The molecule has 90 valence electrons. The van der Waals surface area contributed by atoms with Crippen LogP contribution in [-0.4, -0.2) is 23.5 Å². The lowest BCUT2D eigenvalue weighted by Gasteiger charge is -2.08. The summed E-state index contributed by atoms with van der Waals surface area (Å²) in [5.41, 5.74) is 0.0916. The van der Waals surface area contributed by atoms with Crippen LogP contribution < -0.4 is 4.72 Å². The summed E-state index contributed by atoms with van der Waals surface area (Å²) in [7, 11) is -3.76. The second-order valence-electron chi connectivity index (χ2n) is 3.18. The van der Waals surface area contributed by atoms with Crippen molar-refractivity contribution < 1.29 is 13.5 Å². The van der Waals surface area contributed by atoms with Crippen LogP contribution in [0.15, 0.2) is 40.2 Å². The Labute approximate surface area is 106 Å². The van der Waals surface area contributed by atoms with Crippen molar-refractivity contribution in [2.75, 3.05) is 4.72 Å². The minimum Gasteiger partial charge on any atom is -0.506 e. The number of phenols is 1. The summed E-state index contributed by atoms with van der Waals surface area (Å²) in [6.07, 6.45) is 2.44. The van der Waals surface area contributed by atoms with Gasteiger partial charge in [0.2, 0.25) is 0 Å². The minimum absolute atomic E-state index is 0.0723. The molecule has 8 heteroatoms. The first-order valence-corrected chi connectivity index (χ1v) is 6.76. The smallest absolute Gasteiger partial charge is 0.279 e.